The number of carbonyl (C=O) groups excluding carboxylic acids is 2. The van der Waals surface area contributed by atoms with Crippen LogP contribution in [0.5, 0.6) is 17.2 Å². The average molecular weight is 344 g/mol. The third-order valence-corrected chi connectivity index (χ3v) is 3.44. The van der Waals surface area contributed by atoms with Gasteiger partial charge in [0.05, 0.1) is 20.8 Å². The Kier molecular flexibility index (Phi) is 6.39. The van der Waals surface area contributed by atoms with Crippen LogP contribution in [0, 0.1) is 0 Å². The predicted molar refractivity (Wildman–Crippen MR) is 91.8 cm³/mol. The van der Waals surface area contributed by atoms with Gasteiger partial charge in [0.25, 0.3) is 0 Å². The molecule has 0 aliphatic carbocycles. The fraction of sp³-hybridized carbons (Fsp3) is 0.263. The maximum Gasteiger partial charge on any atom is 0.342 e. The van der Waals surface area contributed by atoms with Crippen LogP contribution in [0.1, 0.15) is 27.6 Å². The number of esters is 1. The Hall–Kier alpha value is -3.02. The molecule has 0 fully saturated rings. The van der Waals surface area contributed by atoms with Crippen molar-refractivity contribution in [1.29, 1.82) is 0 Å². The number of rotatable bonds is 8. The fourth-order valence-corrected chi connectivity index (χ4v) is 2.24. The summed E-state index contributed by atoms with van der Waals surface area (Å²) in [5, 5.41) is 0. The molecule has 0 heterocycles. The molecule has 0 radical (unpaired) electrons. The topological polar surface area (TPSA) is 71.1 Å². The molecular formula is C19H20O6. The quantitative estimate of drug-likeness (QED) is 0.541. The van der Waals surface area contributed by atoms with Gasteiger partial charge in [-0.25, -0.2) is 4.79 Å². The van der Waals surface area contributed by atoms with Crippen LogP contribution in [-0.4, -0.2) is 39.2 Å². The van der Waals surface area contributed by atoms with E-state index in [1.54, 1.807) is 42.5 Å². The summed E-state index contributed by atoms with van der Waals surface area (Å²) in [6, 6.07) is 11.5. The number of hydrogen-bond donors (Lipinski definition) is 0. The van der Waals surface area contributed by atoms with E-state index < -0.39 is 5.97 Å². The molecule has 0 saturated carbocycles. The largest absolute Gasteiger partial charge is 0.494 e. The Morgan fingerprint density at radius 3 is 2.28 bits per heavy atom. The number of hydrogen-bond acceptors (Lipinski definition) is 6. The minimum absolute atomic E-state index is 0.196. The van der Waals surface area contributed by atoms with Crippen LogP contribution in [0.4, 0.5) is 0 Å². The van der Waals surface area contributed by atoms with E-state index in [0.29, 0.717) is 23.7 Å². The highest BCUT2D eigenvalue weighted by molar-refractivity contribution is 6.00. The standard InChI is InChI=1S/C19H20O6/c1-4-24-14-10-8-13(9-11-14)16(20)12-25-19(21)15-6-5-7-17(22-2)18(15)23-3/h5-11H,4,12H2,1-3H3. The number of methoxy groups -OCH3 is 2. The first kappa shape index (κ1) is 18.3. The van der Waals surface area contributed by atoms with Gasteiger partial charge in [-0.3, -0.25) is 4.79 Å². The number of ether oxygens (including phenoxy) is 4. The second-order valence-electron chi connectivity index (χ2n) is 5.00. The van der Waals surface area contributed by atoms with Crippen LogP contribution in [0.3, 0.4) is 0 Å². The van der Waals surface area contributed by atoms with E-state index in [-0.39, 0.29) is 23.7 Å². The zero-order valence-corrected chi connectivity index (χ0v) is 14.4. The van der Waals surface area contributed by atoms with Crippen LogP contribution < -0.4 is 14.2 Å². The Balaban J connectivity index is 2.03. The van der Waals surface area contributed by atoms with Crippen LogP contribution >= 0.6 is 0 Å². The van der Waals surface area contributed by atoms with E-state index in [4.69, 9.17) is 18.9 Å². The second-order valence-corrected chi connectivity index (χ2v) is 5.00. The van der Waals surface area contributed by atoms with E-state index in [1.165, 1.54) is 14.2 Å². The van der Waals surface area contributed by atoms with Gasteiger partial charge >= 0.3 is 5.97 Å². The molecule has 0 bridgehead atoms. The van der Waals surface area contributed by atoms with E-state index in [2.05, 4.69) is 0 Å². The van der Waals surface area contributed by atoms with Gasteiger partial charge in [0.2, 0.25) is 0 Å². The van der Waals surface area contributed by atoms with Crippen molar-refractivity contribution in [3.8, 4) is 17.2 Å². The third kappa shape index (κ3) is 4.50. The smallest absolute Gasteiger partial charge is 0.342 e. The summed E-state index contributed by atoms with van der Waals surface area (Å²) in [4.78, 5) is 24.4. The van der Waals surface area contributed by atoms with Crippen LogP contribution in [0.15, 0.2) is 42.5 Å². The summed E-state index contributed by atoms with van der Waals surface area (Å²) in [5.74, 6) is 0.392. The molecular weight excluding hydrogens is 324 g/mol. The lowest BCUT2D eigenvalue weighted by Crippen LogP contribution is -2.15. The second kappa shape index (κ2) is 8.73. The molecule has 0 atom stereocenters. The molecule has 6 heteroatoms. The summed E-state index contributed by atoms with van der Waals surface area (Å²) >= 11 is 0. The van der Waals surface area contributed by atoms with Crippen LogP contribution in [-0.2, 0) is 4.74 Å². The summed E-state index contributed by atoms with van der Waals surface area (Å²) in [6.45, 7) is 2.06. The normalized spacial score (nSPS) is 10.0. The first-order chi connectivity index (χ1) is 12.1. The van der Waals surface area contributed by atoms with Crippen molar-refractivity contribution >= 4 is 11.8 Å². The maximum atomic E-state index is 12.2. The first-order valence-corrected chi connectivity index (χ1v) is 7.74. The van der Waals surface area contributed by atoms with E-state index >= 15 is 0 Å². The molecule has 2 aromatic rings. The van der Waals surface area contributed by atoms with Gasteiger partial charge in [-0.15, -0.1) is 0 Å². The van der Waals surface area contributed by atoms with E-state index in [0.717, 1.165) is 0 Å². The molecule has 0 aliphatic heterocycles. The van der Waals surface area contributed by atoms with Gasteiger partial charge in [0.15, 0.2) is 23.9 Å². The van der Waals surface area contributed by atoms with Crippen LogP contribution in [0.25, 0.3) is 0 Å². The minimum Gasteiger partial charge on any atom is -0.494 e. The number of ketones is 1. The molecule has 2 aromatic carbocycles. The van der Waals surface area contributed by atoms with Gasteiger partial charge < -0.3 is 18.9 Å². The Bertz CT molecular complexity index is 736. The van der Waals surface area contributed by atoms with Crippen LogP contribution in [0.2, 0.25) is 0 Å². The van der Waals surface area contributed by atoms with Crippen molar-refractivity contribution in [3.63, 3.8) is 0 Å². The lowest BCUT2D eigenvalue weighted by molar-refractivity contribution is 0.0471. The molecule has 0 aliphatic rings. The lowest BCUT2D eigenvalue weighted by Gasteiger charge is -2.12. The third-order valence-electron chi connectivity index (χ3n) is 3.44. The maximum absolute atomic E-state index is 12.2. The molecule has 0 saturated heterocycles. The molecule has 25 heavy (non-hydrogen) atoms. The Morgan fingerprint density at radius 1 is 0.960 bits per heavy atom. The summed E-state index contributed by atoms with van der Waals surface area (Å²) in [5.41, 5.74) is 0.634. The zero-order chi connectivity index (χ0) is 18.2. The van der Waals surface area contributed by atoms with Crippen molar-refractivity contribution in [2.45, 2.75) is 6.92 Å². The first-order valence-electron chi connectivity index (χ1n) is 7.74. The Labute approximate surface area is 146 Å². The van der Waals surface area contributed by atoms with E-state index in [1.807, 2.05) is 6.92 Å². The van der Waals surface area contributed by atoms with Gasteiger partial charge in [-0.05, 0) is 43.3 Å². The highest BCUT2D eigenvalue weighted by atomic mass is 16.5. The van der Waals surface area contributed by atoms with Gasteiger partial charge in [0, 0.05) is 5.56 Å². The SMILES string of the molecule is CCOc1ccc(C(=O)COC(=O)c2cccc(OC)c2OC)cc1. The van der Waals surface area contributed by atoms with E-state index in [9.17, 15) is 9.59 Å². The van der Waals surface area contributed by atoms with Gasteiger partial charge in [-0.1, -0.05) is 6.07 Å². The molecule has 0 aromatic heterocycles. The summed E-state index contributed by atoms with van der Waals surface area (Å²) in [7, 11) is 2.90. The molecule has 2 rings (SSSR count). The van der Waals surface area contributed by atoms with Crippen molar-refractivity contribution in [2.24, 2.45) is 0 Å². The number of carbonyl (C=O) groups is 2. The summed E-state index contributed by atoms with van der Waals surface area (Å²) in [6.07, 6.45) is 0. The number of benzene rings is 2. The molecule has 0 spiro atoms. The number of para-hydroxylation sites is 1. The highest BCUT2D eigenvalue weighted by Crippen LogP contribution is 2.31. The fourth-order valence-electron chi connectivity index (χ4n) is 2.24. The van der Waals surface area contributed by atoms with Crippen molar-refractivity contribution in [2.75, 3.05) is 27.4 Å². The average Bonchev–Trinajstić information content (AvgIpc) is 2.65. The predicted octanol–water partition coefficient (Wildman–Crippen LogP) is 3.14. The van der Waals surface area contributed by atoms with Crippen molar-refractivity contribution in [3.05, 3.63) is 53.6 Å². The van der Waals surface area contributed by atoms with Crippen molar-refractivity contribution < 1.29 is 28.5 Å². The van der Waals surface area contributed by atoms with Gasteiger partial charge in [0.1, 0.15) is 11.3 Å². The number of Topliss-reactive ketones (excluding diaryl/α,β-unsaturated/α-hetero) is 1. The molecule has 0 amide bonds. The molecule has 0 unspecified atom stereocenters. The minimum atomic E-state index is -0.657. The highest BCUT2D eigenvalue weighted by Gasteiger charge is 2.19. The lowest BCUT2D eigenvalue weighted by atomic mass is 10.1. The van der Waals surface area contributed by atoms with Crippen molar-refractivity contribution in [1.82, 2.24) is 0 Å². The van der Waals surface area contributed by atoms with Gasteiger partial charge in [-0.2, -0.15) is 0 Å². The summed E-state index contributed by atoms with van der Waals surface area (Å²) < 4.78 is 20.8. The monoisotopic (exact) mass is 344 g/mol. The molecule has 6 nitrogen and oxygen atoms in total. The zero-order valence-electron chi connectivity index (χ0n) is 14.4. The molecule has 132 valence electrons. The molecule has 0 N–H and O–H groups in total. The Morgan fingerprint density at radius 2 is 1.68 bits per heavy atom.